The Hall–Kier alpha value is -4.27. The Bertz CT molecular complexity index is 1320. The van der Waals surface area contributed by atoms with Gasteiger partial charge in [0.1, 0.15) is 11.6 Å². The number of anilines is 3. The van der Waals surface area contributed by atoms with E-state index in [4.69, 9.17) is 4.52 Å². The van der Waals surface area contributed by atoms with Crippen LogP contribution in [0, 0.1) is 12.7 Å². The van der Waals surface area contributed by atoms with Gasteiger partial charge in [0.15, 0.2) is 5.82 Å². The number of nitrogens with one attached hydrogen (secondary N) is 2. The molecule has 4 aromatic rings. The van der Waals surface area contributed by atoms with Crippen molar-refractivity contribution >= 4 is 23.2 Å². The number of amides is 2. The quantitative estimate of drug-likeness (QED) is 0.470. The van der Waals surface area contributed by atoms with E-state index in [1.165, 1.54) is 12.1 Å². The molecule has 9 heteroatoms. The van der Waals surface area contributed by atoms with Crippen LogP contribution >= 0.6 is 0 Å². The van der Waals surface area contributed by atoms with Gasteiger partial charge in [-0.2, -0.15) is 4.98 Å². The number of aromatic nitrogens is 3. The molecule has 3 heterocycles. The monoisotopic (exact) mass is 444 g/mol. The van der Waals surface area contributed by atoms with Crippen LogP contribution in [0.3, 0.4) is 0 Å². The molecule has 2 aromatic carbocycles. The maximum Gasteiger partial charge on any atom is 0.323 e. The molecular weight excluding hydrogens is 423 g/mol. The molecule has 5 rings (SSSR count). The minimum atomic E-state index is -0.491. The second kappa shape index (κ2) is 8.70. The number of para-hydroxylation sites is 1. The van der Waals surface area contributed by atoms with Gasteiger partial charge in [-0.05, 0) is 54.8 Å². The molecule has 166 valence electrons. The zero-order valence-electron chi connectivity index (χ0n) is 17.9. The zero-order chi connectivity index (χ0) is 22.8. The third-order valence-corrected chi connectivity index (χ3v) is 5.48. The Morgan fingerprint density at radius 3 is 2.70 bits per heavy atom. The van der Waals surface area contributed by atoms with Crippen molar-refractivity contribution < 1.29 is 13.7 Å². The number of hydrogen-bond acceptors (Lipinski definition) is 6. The van der Waals surface area contributed by atoms with Gasteiger partial charge in [0.2, 0.25) is 0 Å². The maximum absolute atomic E-state index is 13.9. The molecule has 2 N–H and O–H groups in total. The number of fused-ring (bicyclic) bond motifs is 1. The highest BCUT2D eigenvalue weighted by Crippen LogP contribution is 2.33. The van der Waals surface area contributed by atoms with E-state index in [2.05, 4.69) is 30.7 Å². The standard InChI is InChI=1S/C24H21FN6O2/c1-15-27-23(33-30-15)18-7-5-12-26-22(18)31-13-11-17-16(14-31)6-4-10-20(17)28-24(32)29-21-9-3-2-8-19(21)25/h2-10,12H,11,13-14H2,1H3,(H2,28,29,32). The number of urea groups is 1. The summed E-state index contributed by atoms with van der Waals surface area (Å²) in [6, 6.07) is 15.1. The predicted molar refractivity (Wildman–Crippen MR) is 123 cm³/mol. The lowest BCUT2D eigenvalue weighted by Gasteiger charge is -2.31. The van der Waals surface area contributed by atoms with Crippen molar-refractivity contribution in [1.82, 2.24) is 15.1 Å². The van der Waals surface area contributed by atoms with E-state index in [0.29, 0.717) is 36.9 Å². The van der Waals surface area contributed by atoms with Gasteiger partial charge in [-0.15, -0.1) is 0 Å². The number of rotatable bonds is 4. The third kappa shape index (κ3) is 4.25. The van der Waals surface area contributed by atoms with Crippen LogP contribution in [0.4, 0.5) is 26.4 Å². The molecule has 0 fully saturated rings. The van der Waals surface area contributed by atoms with Crippen LogP contribution in [0.25, 0.3) is 11.5 Å². The first-order chi connectivity index (χ1) is 16.1. The van der Waals surface area contributed by atoms with Crippen molar-refractivity contribution in [2.45, 2.75) is 19.9 Å². The zero-order valence-corrected chi connectivity index (χ0v) is 17.9. The summed E-state index contributed by atoms with van der Waals surface area (Å²) in [4.78, 5) is 23.5. The average Bonchev–Trinajstić information content (AvgIpc) is 3.26. The number of halogens is 1. The van der Waals surface area contributed by atoms with Crippen LogP contribution in [-0.2, 0) is 13.0 Å². The number of pyridine rings is 1. The first-order valence-corrected chi connectivity index (χ1v) is 10.5. The van der Waals surface area contributed by atoms with Gasteiger partial charge in [-0.3, -0.25) is 0 Å². The molecule has 0 unspecified atom stereocenters. The molecule has 0 atom stereocenters. The van der Waals surface area contributed by atoms with Crippen LogP contribution in [0.15, 0.2) is 65.3 Å². The van der Waals surface area contributed by atoms with E-state index in [-0.39, 0.29) is 5.69 Å². The summed E-state index contributed by atoms with van der Waals surface area (Å²) < 4.78 is 19.2. The summed E-state index contributed by atoms with van der Waals surface area (Å²) in [5.74, 6) is 1.28. The summed E-state index contributed by atoms with van der Waals surface area (Å²) in [6.45, 7) is 3.08. The Morgan fingerprint density at radius 1 is 1.06 bits per heavy atom. The van der Waals surface area contributed by atoms with Gasteiger partial charge >= 0.3 is 6.03 Å². The van der Waals surface area contributed by atoms with E-state index in [1.807, 2.05) is 30.3 Å². The Morgan fingerprint density at radius 2 is 1.88 bits per heavy atom. The van der Waals surface area contributed by atoms with Gasteiger partial charge in [0, 0.05) is 25.0 Å². The second-order valence-corrected chi connectivity index (χ2v) is 7.70. The van der Waals surface area contributed by atoms with Crippen molar-refractivity contribution in [2.75, 3.05) is 22.1 Å². The molecule has 8 nitrogen and oxygen atoms in total. The number of benzene rings is 2. The molecule has 0 saturated carbocycles. The van der Waals surface area contributed by atoms with Crippen LogP contribution in [-0.4, -0.2) is 27.7 Å². The maximum atomic E-state index is 13.9. The summed E-state index contributed by atoms with van der Waals surface area (Å²) in [5, 5.41) is 9.30. The van der Waals surface area contributed by atoms with Crippen molar-refractivity contribution in [3.05, 3.63) is 83.6 Å². The fourth-order valence-corrected chi connectivity index (χ4v) is 3.97. The fraction of sp³-hybridized carbons (Fsp3) is 0.167. The van der Waals surface area contributed by atoms with E-state index in [0.717, 1.165) is 22.5 Å². The van der Waals surface area contributed by atoms with Crippen molar-refractivity contribution in [3.63, 3.8) is 0 Å². The van der Waals surface area contributed by atoms with Gasteiger partial charge in [0.25, 0.3) is 5.89 Å². The lowest BCUT2D eigenvalue weighted by atomic mass is 9.97. The third-order valence-electron chi connectivity index (χ3n) is 5.48. The van der Waals surface area contributed by atoms with Crippen LogP contribution in [0.1, 0.15) is 17.0 Å². The van der Waals surface area contributed by atoms with E-state index in [1.54, 1.807) is 25.3 Å². The number of carbonyl (C=O) groups excluding carboxylic acids is 1. The first kappa shape index (κ1) is 20.6. The highest BCUT2D eigenvalue weighted by molar-refractivity contribution is 6.00. The molecule has 33 heavy (non-hydrogen) atoms. The molecule has 0 radical (unpaired) electrons. The number of carbonyl (C=O) groups is 1. The van der Waals surface area contributed by atoms with Gasteiger partial charge in [-0.1, -0.05) is 29.4 Å². The van der Waals surface area contributed by atoms with Crippen LogP contribution in [0.5, 0.6) is 0 Å². The first-order valence-electron chi connectivity index (χ1n) is 10.5. The van der Waals surface area contributed by atoms with E-state index < -0.39 is 11.8 Å². The topological polar surface area (TPSA) is 96.2 Å². The Kier molecular flexibility index (Phi) is 5.43. The molecule has 1 aliphatic rings. The lowest BCUT2D eigenvalue weighted by molar-refractivity contribution is 0.262. The molecule has 2 amide bonds. The van der Waals surface area contributed by atoms with Crippen LogP contribution in [0.2, 0.25) is 0 Å². The summed E-state index contributed by atoms with van der Waals surface area (Å²) in [5.41, 5.74) is 3.73. The highest BCUT2D eigenvalue weighted by atomic mass is 19.1. The Labute approximate surface area is 189 Å². The molecule has 0 saturated heterocycles. The predicted octanol–water partition coefficient (Wildman–Crippen LogP) is 4.79. The van der Waals surface area contributed by atoms with E-state index >= 15 is 0 Å². The van der Waals surface area contributed by atoms with Crippen molar-refractivity contribution in [2.24, 2.45) is 0 Å². The summed E-state index contributed by atoms with van der Waals surface area (Å²) in [6.07, 6.45) is 2.44. The molecule has 1 aliphatic heterocycles. The largest absolute Gasteiger partial charge is 0.351 e. The number of hydrogen-bond donors (Lipinski definition) is 2. The Balaban J connectivity index is 1.36. The van der Waals surface area contributed by atoms with Crippen LogP contribution < -0.4 is 15.5 Å². The molecule has 0 aliphatic carbocycles. The number of nitrogens with zero attached hydrogens (tertiary/aromatic N) is 4. The van der Waals surface area contributed by atoms with Gasteiger partial charge in [0.05, 0.1) is 11.3 Å². The SMILES string of the molecule is Cc1noc(-c2cccnc2N2CCc3c(cccc3NC(=O)Nc3ccccc3F)C2)n1. The van der Waals surface area contributed by atoms with Gasteiger partial charge in [-0.25, -0.2) is 14.2 Å². The summed E-state index contributed by atoms with van der Waals surface area (Å²) in [7, 11) is 0. The minimum Gasteiger partial charge on any atom is -0.351 e. The normalized spacial score (nSPS) is 12.8. The second-order valence-electron chi connectivity index (χ2n) is 7.70. The molecule has 0 spiro atoms. The minimum absolute atomic E-state index is 0.130. The molecule has 0 bridgehead atoms. The van der Waals surface area contributed by atoms with E-state index in [9.17, 15) is 9.18 Å². The van der Waals surface area contributed by atoms with Gasteiger partial charge < -0.3 is 20.1 Å². The lowest BCUT2D eigenvalue weighted by Crippen LogP contribution is -2.32. The summed E-state index contributed by atoms with van der Waals surface area (Å²) >= 11 is 0. The molecule has 2 aromatic heterocycles. The van der Waals surface area contributed by atoms with Crippen molar-refractivity contribution in [1.29, 1.82) is 0 Å². The number of aryl methyl sites for hydroxylation is 1. The average molecular weight is 444 g/mol. The molecular formula is C24H21FN6O2. The van der Waals surface area contributed by atoms with Crippen molar-refractivity contribution in [3.8, 4) is 11.5 Å². The smallest absolute Gasteiger partial charge is 0.323 e. The highest BCUT2D eigenvalue weighted by Gasteiger charge is 2.24. The fourth-order valence-electron chi connectivity index (χ4n) is 3.97.